The van der Waals surface area contributed by atoms with Gasteiger partial charge in [-0.15, -0.1) is 0 Å². The Kier molecular flexibility index (Phi) is 7.45. The molecule has 1 amide bonds. The van der Waals surface area contributed by atoms with Gasteiger partial charge in [-0.05, 0) is 46.6 Å². The van der Waals surface area contributed by atoms with Crippen LogP contribution in [0.4, 0.5) is 5.13 Å². The zero-order valence-corrected chi connectivity index (χ0v) is 24.0. The minimum atomic E-state index is -0.931. The molecule has 0 saturated heterocycles. The number of nitrogens with one attached hydrogen (secondary N) is 1. The molecule has 6 nitrogen and oxygen atoms in total. The van der Waals surface area contributed by atoms with Gasteiger partial charge in [0.25, 0.3) is 0 Å². The first-order chi connectivity index (χ1) is 17.4. The number of hydrogen-bond donors (Lipinski definition) is 2. The van der Waals surface area contributed by atoms with Gasteiger partial charge in [-0.1, -0.05) is 88.9 Å². The number of aryl methyl sites for hydroxylation is 1. The topological polar surface area (TPSA) is 88.5 Å². The molecule has 0 bridgehead atoms. The molecule has 0 aliphatic carbocycles. The molecule has 2 aromatic carbocycles. The van der Waals surface area contributed by atoms with Gasteiger partial charge in [-0.2, -0.15) is 0 Å². The second-order valence-corrected chi connectivity index (χ2v) is 12.8. The first-order valence-corrected chi connectivity index (χ1v) is 14.1. The van der Waals surface area contributed by atoms with E-state index in [1.807, 2.05) is 50.2 Å². The van der Waals surface area contributed by atoms with Crippen molar-refractivity contribution < 1.29 is 19.4 Å². The number of thiazole rings is 1. The lowest BCUT2D eigenvalue weighted by Gasteiger charge is -2.41. The van der Waals surface area contributed by atoms with Gasteiger partial charge < -0.3 is 15.2 Å². The van der Waals surface area contributed by atoms with Crippen LogP contribution >= 0.6 is 23.1 Å². The highest BCUT2D eigenvalue weighted by atomic mass is 32.2. The van der Waals surface area contributed by atoms with E-state index in [2.05, 4.69) is 38.0 Å². The molecule has 0 radical (unpaired) electrons. The number of nitrogens with zero attached hydrogens (tertiary/aromatic N) is 1. The lowest BCUT2D eigenvalue weighted by Crippen LogP contribution is -2.42. The first kappa shape index (κ1) is 27.2. The smallest absolute Gasteiger partial charge is 0.349 e. The fraction of sp³-hybridized carbons (Fsp3) is 0.414. The molecule has 0 unspecified atom stereocenters. The van der Waals surface area contributed by atoms with E-state index in [0.29, 0.717) is 5.13 Å². The van der Waals surface area contributed by atoms with Crippen molar-refractivity contribution in [3.8, 4) is 0 Å². The molecule has 3 aromatic rings. The van der Waals surface area contributed by atoms with Crippen LogP contribution in [0.5, 0.6) is 0 Å². The lowest BCUT2D eigenvalue weighted by molar-refractivity contribution is -0.165. The second kappa shape index (κ2) is 10.1. The van der Waals surface area contributed by atoms with Crippen molar-refractivity contribution in [2.45, 2.75) is 77.2 Å². The van der Waals surface area contributed by atoms with Crippen molar-refractivity contribution in [3.05, 3.63) is 63.8 Å². The van der Waals surface area contributed by atoms with Gasteiger partial charge in [0, 0.05) is 11.8 Å². The summed E-state index contributed by atoms with van der Waals surface area (Å²) in [6.45, 7) is 13.9. The van der Waals surface area contributed by atoms with Gasteiger partial charge in [-0.25, -0.2) is 9.78 Å². The molecule has 0 fully saturated rings. The van der Waals surface area contributed by atoms with Crippen LogP contribution in [0.1, 0.15) is 71.6 Å². The monoisotopic (exact) mass is 538 g/mol. The van der Waals surface area contributed by atoms with Gasteiger partial charge in [-0.3, -0.25) is 4.79 Å². The summed E-state index contributed by atoms with van der Waals surface area (Å²) in [4.78, 5) is 30.7. The van der Waals surface area contributed by atoms with Gasteiger partial charge >= 0.3 is 5.97 Å². The van der Waals surface area contributed by atoms with E-state index in [4.69, 9.17) is 4.74 Å². The average molecular weight is 539 g/mol. The molecule has 1 aliphatic rings. The third-order valence-electron chi connectivity index (χ3n) is 6.73. The number of fused-ring (bicyclic) bond motifs is 1. The fourth-order valence-corrected chi connectivity index (χ4v) is 6.95. The summed E-state index contributed by atoms with van der Waals surface area (Å²) in [5.74, 6) is -0.688. The third-order valence-corrected chi connectivity index (χ3v) is 8.83. The number of aromatic nitrogens is 1. The summed E-state index contributed by atoms with van der Waals surface area (Å²) in [6.07, 6.45) is 1.02. The van der Waals surface area contributed by atoms with Crippen LogP contribution < -0.4 is 5.32 Å². The number of benzene rings is 2. The Morgan fingerprint density at radius 1 is 1.27 bits per heavy atom. The van der Waals surface area contributed by atoms with Crippen LogP contribution in [0.3, 0.4) is 0 Å². The van der Waals surface area contributed by atoms with E-state index >= 15 is 0 Å². The van der Waals surface area contributed by atoms with E-state index in [9.17, 15) is 14.7 Å². The quantitative estimate of drug-likeness (QED) is 0.316. The van der Waals surface area contributed by atoms with Crippen molar-refractivity contribution in [2.75, 3.05) is 5.32 Å². The molecule has 8 heteroatoms. The number of cyclic esters (lactones) is 1. The van der Waals surface area contributed by atoms with Crippen molar-refractivity contribution in [3.63, 3.8) is 0 Å². The van der Waals surface area contributed by atoms with Crippen molar-refractivity contribution in [1.29, 1.82) is 0 Å². The summed E-state index contributed by atoms with van der Waals surface area (Å²) in [5.41, 5.74) is 2.65. The van der Waals surface area contributed by atoms with Crippen LogP contribution in [0.2, 0.25) is 0 Å². The van der Waals surface area contributed by atoms with Crippen LogP contribution in [-0.4, -0.2) is 22.0 Å². The summed E-state index contributed by atoms with van der Waals surface area (Å²) >= 11 is 2.61. The molecule has 2 heterocycles. The molecular formula is C29H34N2O4S2. The number of amides is 1. The van der Waals surface area contributed by atoms with Crippen LogP contribution in [0.15, 0.2) is 52.0 Å². The van der Waals surface area contributed by atoms with Crippen molar-refractivity contribution >= 4 is 50.3 Å². The average Bonchev–Trinajstić information content (AvgIpc) is 3.20. The minimum Gasteiger partial charge on any atom is -0.511 e. The summed E-state index contributed by atoms with van der Waals surface area (Å²) in [5, 5.41) is 14.6. The van der Waals surface area contributed by atoms with Gasteiger partial charge in [0.15, 0.2) is 5.13 Å². The Morgan fingerprint density at radius 2 is 1.97 bits per heavy atom. The molecule has 1 aromatic heterocycles. The van der Waals surface area contributed by atoms with Crippen molar-refractivity contribution in [1.82, 2.24) is 4.98 Å². The Morgan fingerprint density at radius 3 is 2.57 bits per heavy atom. The Balaban J connectivity index is 1.78. The number of aliphatic hydroxyl groups excluding tert-OH is 1. The Hall–Kier alpha value is -2.84. The highest BCUT2D eigenvalue weighted by Crippen LogP contribution is 2.49. The highest BCUT2D eigenvalue weighted by molar-refractivity contribution is 8.04. The largest absolute Gasteiger partial charge is 0.511 e. The summed E-state index contributed by atoms with van der Waals surface area (Å²) < 4.78 is 7.13. The van der Waals surface area contributed by atoms with Gasteiger partial charge in [0.1, 0.15) is 16.3 Å². The maximum absolute atomic E-state index is 13.5. The maximum atomic E-state index is 13.5. The predicted molar refractivity (Wildman–Crippen MR) is 151 cm³/mol. The van der Waals surface area contributed by atoms with Gasteiger partial charge in [0.05, 0.1) is 16.6 Å². The number of hydrogen-bond acceptors (Lipinski definition) is 7. The first-order valence-electron chi connectivity index (χ1n) is 12.5. The van der Waals surface area contributed by atoms with Crippen LogP contribution in [-0.2, 0) is 31.8 Å². The van der Waals surface area contributed by atoms with Crippen LogP contribution in [0, 0.1) is 5.92 Å². The molecule has 0 spiro atoms. The lowest BCUT2D eigenvalue weighted by atomic mass is 9.76. The fourth-order valence-electron chi connectivity index (χ4n) is 4.76. The van der Waals surface area contributed by atoms with Crippen LogP contribution in [0.25, 0.3) is 10.2 Å². The standard InChI is InChI=1S/C29H34N2O4S2/c1-8-18-11-9-10-12-19(18)29(16(2)3)15-22(33)25(26(34)35-29)36-23-14-24-21(13-20(23)28(5,6)7)31-27(37-24)30-17(4)32/h9-14,16,33H,8,15H2,1-7H3,(H,30,31,32)/t29-/m0/s1. The molecule has 4 rings (SSSR count). The molecule has 196 valence electrons. The van der Waals surface area contributed by atoms with Crippen molar-refractivity contribution in [2.24, 2.45) is 5.92 Å². The maximum Gasteiger partial charge on any atom is 0.349 e. The number of rotatable bonds is 6. The summed E-state index contributed by atoms with van der Waals surface area (Å²) in [7, 11) is 0. The SMILES string of the molecule is CCc1ccccc1[C@@]1(C(C)C)CC(O)=C(Sc2cc3sc(NC(C)=O)nc3cc2C(C)(C)C)C(=O)O1. The molecular weight excluding hydrogens is 504 g/mol. The van der Waals surface area contributed by atoms with Gasteiger partial charge in [0.2, 0.25) is 5.91 Å². The number of esters is 1. The molecule has 0 saturated carbocycles. The Bertz CT molecular complexity index is 1400. The molecule has 1 atom stereocenters. The van der Waals surface area contributed by atoms with E-state index in [1.165, 1.54) is 30.0 Å². The van der Waals surface area contributed by atoms with E-state index in [0.717, 1.165) is 38.2 Å². The summed E-state index contributed by atoms with van der Waals surface area (Å²) in [6, 6.07) is 12.0. The predicted octanol–water partition coefficient (Wildman–Crippen LogP) is 7.47. The van der Waals surface area contributed by atoms with E-state index in [-0.39, 0.29) is 34.3 Å². The normalized spacial score (nSPS) is 18.4. The van der Waals surface area contributed by atoms with E-state index in [1.54, 1.807) is 0 Å². The number of ether oxygens (including phenoxy) is 1. The number of anilines is 1. The zero-order valence-electron chi connectivity index (χ0n) is 22.4. The molecule has 37 heavy (non-hydrogen) atoms. The molecule has 2 N–H and O–H groups in total. The number of carbonyl (C=O) groups excluding carboxylic acids is 2. The third kappa shape index (κ3) is 5.27. The number of thioether (sulfide) groups is 1. The molecule has 1 aliphatic heterocycles. The highest BCUT2D eigenvalue weighted by Gasteiger charge is 2.47. The minimum absolute atomic E-state index is 0.0382. The number of carbonyl (C=O) groups is 2. The zero-order chi connectivity index (χ0) is 27.1. The Labute approximate surface area is 226 Å². The van der Waals surface area contributed by atoms with E-state index < -0.39 is 11.6 Å². The number of aliphatic hydroxyl groups is 1. The second-order valence-electron chi connectivity index (χ2n) is 10.8.